The molecule has 1 aromatic carbocycles. The standard InChI is InChI=1S/C16H23NO4S/c1-4-7-14-8-10-15(11-9-14)17(16(18)21-12-5-2)22(19,20)13-6-3/h5,8-11H,2,4,6-7,12-13H2,1,3H3. The minimum atomic E-state index is -3.76. The van der Waals surface area contributed by atoms with E-state index >= 15 is 0 Å². The molecule has 0 fully saturated rings. The molecule has 0 aliphatic carbocycles. The Morgan fingerprint density at radius 3 is 2.36 bits per heavy atom. The zero-order chi connectivity index (χ0) is 16.6. The number of hydrogen-bond acceptors (Lipinski definition) is 4. The van der Waals surface area contributed by atoms with Crippen LogP contribution in [0.15, 0.2) is 36.9 Å². The number of hydrogen-bond donors (Lipinski definition) is 0. The molecule has 6 heteroatoms. The van der Waals surface area contributed by atoms with E-state index in [2.05, 4.69) is 13.5 Å². The molecule has 0 saturated carbocycles. The topological polar surface area (TPSA) is 63.7 Å². The molecule has 0 heterocycles. The summed E-state index contributed by atoms with van der Waals surface area (Å²) in [4.78, 5) is 12.1. The van der Waals surface area contributed by atoms with Crippen molar-refractivity contribution in [3.63, 3.8) is 0 Å². The highest BCUT2D eigenvalue weighted by atomic mass is 32.2. The highest BCUT2D eigenvalue weighted by molar-refractivity contribution is 7.93. The van der Waals surface area contributed by atoms with E-state index in [1.54, 1.807) is 19.1 Å². The van der Waals surface area contributed by atoms with Crippen molar-refractivity contribution in [2.45, 2.75) is 33.1 Å². The number of anilines is 1. The van der Waals surface area contributed by atoms with E-state index in [9.17, 15) is 13.2 Å². The molecule has 0 aliphatic rings. The Hall–Kier alpha value is -1.82. The molecule has 0 saturated heterocycles. The average Bonchev–Trinajstić information content (AvgIpc) is 2.47. The molecule has 0 aromatic heterocycles. The lowest BCUT2D eigenvalue weighted by Gasteiger charge is -2.21. The molecule has 1 amide bonds. The Kier molecular flexibility index (Phi) is 7.11. The second kappa shape index (κ2) is 8.58. The second-order valence-electron chi connectivity index (χ2n) is 4.86. The second-order valence-corrected chi connectivity index (χ2v) is 6.80. The summed E-state index contributed by atoms with van der Waals surface area (Å²) < 4.78 is 30.3. The van der Waals surface area contributed by atoms with Gasteiger partial charge in [0.05, 0.1) is 11.4 Å². The molecule has 22 heavy (non-hydrogen) atoms. The molecule has 0 aliphatic heterocycles. The smallest absolute Gasteiger partial charge is 0.428 e. The van der Waals surface area contributed by atoms with Gasteiger partial charge in [-0.25, -0.2) is 13.2 Å². The maximum absolute atomic E-state index is 12.3. The molecule has 0 unspecified atom stereocenters. The first kappa shape index (κ1) is 18.2. The quantitative estimate of drug-likeness (QED) is 0.686. The predicted molar refractivity (Wildman–Crippen MR) is 88.5 cm³/mol. The average molecular weight is 325 g/mol. The van der Waals surface area contributed by atoms with Crippen LogP contribution in [0, 0.1) is 0 Å². The van der Waals surface area contributed by atoms with Gasteiger partial charge in [-0.1, -0.05) is 45.1 Å². The van der Waals surface area contributed by atoms with Crippen LogP contribution < -0.4 is 4.31 Å². The van der Waals surface area contributed by atoms with Crippen molar-refractivity contribution in [3.8, 4) is 0 Å². The van der Waals surface area contributed by atoms with Crippen LogP contribution in [0.4, 0.5) is 10.5 Å². The number of carbonyl (C=O) groups is 1. The van der Waals surface area contributed by atoms with Gasteiger partial charge in [0.2, 0.25) is 10.0 Å². The molecule has 0 N–H and O–H groups in total. The van der Waals surface area contributed by atoms with Crippen molar-refractivity contribution in [1.82, 2.24) is 0 Å². The first-order valence-electron chi connectivity index (χ1n) is 7.35. The summed E-state index contributed by atoms with van der Waals surface area (Å²) in [5.74, 6) is -0.118. The molecule has 5 nitrogen and oxygen atoms in total. The van der Waals surface area contributed by atoms with Crippen molar-refractivity contribution in [3.05, 3.63) is 42.5 Å². The summed E-state index contributed by atoms with van der Waals surface area (Å²) in [5, 5.41) is 0. The third-order valence-electron chi connectivity index (χ3n) is 2.94. The van der Waals surface area contributed by atoms with Gasteiger partial charge >= 0.3 is 6.09 Å². The lowest BCUT2D eigenvalue weighted by molar-refractivity contribution is 0.170. The van der Waals surface area contributed by atoms with Crippen molar-refractivity contribution in [2.75, 3.05) is 16.7 Å². The van der Waals surface area contributed by atoms with E-state index in [-0.39, 0.29) is 12.4 Å². The summed E-state index contributed by atoms with van der Waals surface area (Å²) in [6, 6.07) is 6.92. The Morgan fingerprint density at radius 2 is 1.86 bits per heavy atom. The number of carbonyl (C=O) groups excluding carboxylic acids is 1. The summed E-state index contributed by atoms with van der Waals surface area (Å²) >= 11 is 0. The zero-order valence-corrected chi connectivity index (χ0v) is 13.9. The molecule has 1 aromatic rings. The van der Waals surface area contributed by atoms with E-state index in [4.69, 9.17) is 4.74 Å². The third-order valence-corrected chi connectivity index (χ3v) is 4.78. The van der Waals surface area contributed by atoms with Crippen LogP contribution in [-0.2, 0) is 21.2 Å². The normalized spacial score (nSPS) is 11.0. The van der Waals surface area contributed by atoms with Crippen molar-refractivity contribution >= 4 is 21.8 Å². The van der Waals surface area contributed by atoms with Gasteiger partial charge in [-0.15, -0.1) is 0 Å². The number of amides is 1. The van der Waals surface area contributed by atoms with Gasteiger partial charge in [-0.05, 0) is 30.5 Å². The largest absolute Gasteiger partial charge is 0.444 e. The summed E-state index contributed by atoms with van der Waals surface area (Å²) in [6.45, 7) is 7.23. The highest BCUT2D eigenvalue weighted by Crippen LogP contribution is 2.21. The Balaban J connectivity index is 3.13. The number of aryl methyl sites for hydroxylation is 1. The molecule has 0 bridgehead atoms. The molecule has 0 atom stereocenters. The number of sulfonamides is 1. The van der Waals surface area contributed by atoms with Crippen molar-refractivity contribution in [1.29, 1.82) is 0 Å². The predicted octanol–water partition coefficient (Wildman–Crippen LogP) is 3.51. The summed E-state index contributed by atoms with van der Waals surface area (Å²) in [7, 11) is -3.76. The minimum Gasteiger partial charge on any atom is -0.444 e. The van der Waals surface area contributed by atoms with Gasteiger partial charge in [-0.2, -0.15) is 4.31 Å². The van der Waals surface area contributed by atoms with Gasteiger partial charge in [0.1, 0.15) is 6.61 Å². The first-order chi connectivity index (χ1) is 10.5. The van der Waals surface area contributed by atoms with Crippen molar-refractivity contribution < 1.29 is 17.9 Å². The number of nitrogens with zero attached hydrogens (tertiary/aromatic N) is 1. The molecule has 1 rings (SSSR count). The Morgan fingerprint density at radius 1 is 1.23 bits per heavy atom. The third kappa shape index (κ3) is 4.87. The van der Waals surface area contributed by atoms with Crippen LogP contribution in [0.2, 0.25) is 0 Å². The maximum Gasteiger partial charge on any atom is 0.428 e. The van der Waals surface area contributed by atoms with Crippen molar-refractivity contribution in [2.24, 2.45) is 0 Å². The van der Waals surface area contributed by atoms with E-state index in [1.165, 1.54) is 6.08 Å². The zero-order valence-electron chi connectivity index (χ0n) is 13.1. The Bertz CT molecular complexity index is 593. The molecule has 0 spiro atoms. The molecular formula is C16H23NO4S. The van der Waals surface area contributed by atoms with E-state index in [0.29, 0.717) is 12.1 Å². The van der Waals surface area contributed by atoms with Crippen LogP contribution in [-0.4, -0.2) is 26.9 Å². The molecule has 0 radical (unpaired) electrons. The van der Waals surface area contributed by atoms with Crippen LogP contribution in [0.5, 0.6) is 0 Å². The van der Waals surface area contributed by atoms with Crippen LogP contribution >= 0.6 is 0 Å². The first-order valence-corrected chi connectivity index (χ1v) is 8.96. The molecule has 122 valence electrons. The number of ether oxygens (including phenoxy) is 1. The maximum atomic E-state index is 12.3. The number of benzene rings is 1. The van der Waals surface area contributed by atoms with Gasteiger partial charge in [-0.3, -0.25) is 0 Å². The molecular weight excluding hydrogens is 302 g/mol. The summed E-state index contributed by atoms with van der Waals surface area (Å²) in [5.41, 5.74) is 1.39. The van der Waals surface area contributed by atoms with Gasteiger partial charge in [0.25, 0.3) is 0 Å². The SMILES string of the molecule is C=CCOC(=O)N(c1ccc(CCC)cc1)S(=O)(=O)CCC. The fourth-order valence-corrected chi connectivity index (χ4v) is 3.43. The van der Waals surface area contributed by atoms with Crippen LogP contribution in [0.25, 0.3) is 0 Å². The van der Waals surface area contributed by atoms with Crippen LogP contribution in [0.1, 0.15) is 32.3 Å². The lowest BCUT2D eigenvalue weighted by Crippen LogP contribution is -2.39. The van der Waals surface area contributed by atoms with E-state index in [1.807, 2.05) is 12.1 Å². The van der Waals surface area contributed by atoms with Gasteiger partial charge in [0, 0.05) is 0 Å². The van der Waals surface area contributed by atoms with E-state index < -0.39 is 16.1 Å². The number of rotatable bonds is 8. The fourth-order valence-electron chi connectivity index (χ4n) is 2.00. The monoisotopic (exact) mass is 325 g/mol. The van der Waals surface area contributed by atoms with E-state index in [0.717, 1.165) is 22.7 Å². The Labute approximate surface area is 132 Å². The van der Waals surface area contributed by atoms with Gasteiger partial charge in [0.15, 0.2) is 0 Å². The van der Waals surface area contributed by atoms with Crippen LogP contribution in [0.3, 0.4) is 0 Å². The fraction of sp³-hybridized carbons (Fsp3) is 0.438. The summed E-state index contributed by atoms with van der Waals surface area (Å²) in [6.07, 6.45) is 2.81. The highest BCUT2D eigenvalue weighted by Gasteiger charge is 2.29. The van der Waals surface area contributed by atoms with Gasteiger partial charge < -0.3 is 4.74 Å². The minimum absolute atomic E-state index is 0.0368. The lowest BCUT2D eigenvalue weighted by atomic mass is 10.1.